The van der Waals surface area contributed by atoms with Crippen LogP contribution in [0.1, 0.15) is 81.1 Å². The number of aliphatic hydroxyl groups is 4. The molecule has 0 aromatic carbocycles. The third-order valence-corrected chi connectivity index (χ3v) is 7.31. The van der Waals surface area contributed by atoms with Crippen LogP contribution in [0.15, 0.2) is 0 Å². The molecule has 0 spiro atoms. The summed E-state index contributed by atoms with van der Waals surface area (Å²) in [5, 5.41) is 43.0. The maximum absolute atomic E-state index is 13.0. The Bertz CT molecular complexity index is 1030. The average molecular weight is 679 g/mol. The van der Waals surface area contributed by atoms with E-state index in [1.165, 1.54) is 0 Å². The van der Waals surface area contributed by atoms with E-state index >= 15 is 0 Å². The van der Waals surface area contributed by atoms with Crippen molar-refractivity contribution >= 4 is 23.9 Å². The van der Waals surface area contributed by atoms with Gasteiger partial charge in [0.2, 0.25) is 12.1 Å². The van der Waals surface area contributed by atoms with Gasteiger partial charge in [0, 0.05) is 25.7 Å². The number of rotatable bonds is 17. The number of hydrogen-bond acceptors (Lipinski definition) is 15. The SMILES string of the molecule is CC(C)CC(=O)OC[C@H]1O[C@H](O[C@@]2(CO)O[C@@H](CO)[C@@H](OC(=O)CC(C)C)[C@@H]2OC(=O)CC(C)C)[C@H](OC(=O)CC(C)C)[C@@H](O)[C@@H]1O. The molecule has 0 saturated carbocycles. The van der Waals surface area contributed by atoms with Crippen molar-refractivity contribution < 1.29 is 72.8 Å². The summed E-state index contributed by atoms with van der Waals surface area (Å²) < 4.78 is 40.0. The van der Waals surface area contributed by atoms with Gasteiger partial charge < -0.3 is 53.6 Å². The van der Waals surface area contributed by atoms with E-state index < -0.39 is 98.5 Å². The largest absolute Gasteiger partial charge is 0.463 e. The Morgan fingerprint density at radius 2 is 1.13 bits per heavy atom. The van der Waals surface area contributed by atoms with Crippen LogP contribution in [0.4, 0.5) is 0 Å². The van der Waals surface area contributed by atoms with Crippen LogP contribution in [0.2, 0.25) is 0 Å². The standard InChI is InChI=1S/C32H54O15/c1-16(2)9-22(35)41-14-21-26(39)27(40)29(44-24(37)11-18(5)6)31(42-21)47-32(15-34)30(45-25(38)12-19(7)8)28(20(13-33)46-32)43-23(36)10-17(3)4/h16-21,26-31,33-34,39-40H,9-15H2,1-8H3/t20-,21+,26+,27-,28+,29+,30-,31+,32+/m0/s1. The van der Waals surface area contributed by atoms with Crippen molar-refractivity contribution in [3.05, 3.63) is 0 Å². The molecule has 0 unspecified atom stereocenters. The molecule has 272 valence electrons. The highest BCUT2D eigenvalue weighted by molar-refractivity contribution is 5.71. The van der Waals surface area contributed by atoms with Crippen LogP contribution in [-0.4, -0.2) is 119 Å². The van der Waals surface area contributed by atoms with Crippen molar-refractivity contribution in [1.29, 1.82) is 0 Å². The van der Waals surface area contributed by atoms with Gasteiger partial charge >= 0.3 is 23.9 Å². The molecule has 15 heteroatoms. The molecule has 0 radical (unpaired) electrons. The summed E-state index contributed by atoms with van der Waals surface area (Å²) in [7, 11) is 0. The van der Waals surface area contributed by atoms with Crippen molar-refractivity contribution in [2.24, 2.45) is 23.7 Å². The number of hydrogen-bond donors (Lipinski definition) is 4. The molecule has 47 heavy (non-hydrogen) atoms. The first-order chi connectivity index (χ1) is 21.9. The van der Waals surface area contributed by atoms with Gasteiger partial charge in [-0.3, -0.25) is 19.2 Å². The zero-order chi connectivity index (χ0) is 35.6. The van der Waals surface area contributed by atoms with Gasteiger partial charge in [0.15, 0.2) is 18.3 Å². The second kappa shape index (κ2) is 18.4. The molecule has 15 nitrogen and oxygen atoms in total. The molecule has 0 bridgehead atoms. The summed E-state index contributed by atoms with van der Waals surface area (Å²) >= 11 is 0. The summed E-state index contributed by atoms with van der Waals surface area (Å²) in [4.78, 5) is 50.7. The lowest BCUT2D eigenvalue weighted by atomic mass is 9.98. The van der Waals surface area contributed by atoms with Crippen LogP contribution in [0.3, 0.4) is 0 Å². The maximum Gasteiger partial charge on any atom is 0.306 e. The van der Waals surface area contributed by atoms with Gasteiger partial charge in [-0.2, -0.15) is 0 Å². The van der Waals surface area contributed by atoms with Crippen molar-refractivity contribution in [3.8, 4) is 0 Å². The van der Waals surface area contributed by atoms with Crippen molar-refractivity contribution in [2.75, 3.05) is 19.8 Å². The van der Waals surface area contributed by atoms with E-state index in [9.17, 15) is 39.6 Å². The molecule has 2 rings (SSSR count). The fourth-order valence-electron chi connectivity index (χ4n) is 5.15. The number of carbonyl (C=O) groups excluding carboxylic acids is 4. The van der Waals surface area contributed by atoms with E-state index in [-0.39, 0.29) is 49.4 Å². The fourth-order valence-corrected chi connectivity index (χ4v) is 5.15. The zero-order valence-corrected chi connectivity index (χ0v) is 28.7. The van der Waals surface area contributed by atoms with Crippen LogP contribution in [-0.2, 0) is 52.3 Å². The summed E-state index contributed by atoms with van der Waals surface area (Å²) in [6.07, 6.45) is -13.1. The van der Waals surface area contributed by atoms with Crippen molar-refractivity contribution in [1.82, 2.24) is 0 Å². The predicted octanol–water partition coefficient (Wildman–Crippen LogP) is 0.992. The van der Waals surface area contributed by atoms with E-state index in [0.29, 0.717) is 0 Å². The third kappa shape index (κ3) is 11.9. The lowest BCUT2D eigenvalue weighted by Crippen LogP contribution is -2.64. The van der Waals surface area contributed by atoms with E-state index in [4.69, 9.17) is 33.2 Å². The minimum Gasteiger partial charge on any atom is -0.463 e. The highest BCUT2D eigenvalue weighted by Gasteiger charge is 2.63. The molecule has 0 aromatic rings. The predicted molar refractivity (Wildman–Crippen MR) is 162 cm³/mol. The molecule has 2 fully saturated rings. The van der Waals surface area contributed by atoms with Crippen molar-refractivity contribution in [3.63, 3.8) is 0 Å². The zero-order valence-electron chi connectivity index (χ0n) is 28.7. The Hall–Kier alpha value is -2.40. The minimum atomic E-state index is -2.39. The Balaban J connectivity index is 2.53. The average Bonchev–Trinajstić information content (AvgIpc) is 3.22. The van der Waals surface area contributed by atoms with E-state index in [1.54, 1.807) is 41.5 Å². The topological polar surface area (TPSA) is 214 Å². The van der Waals surface area contributed by atoms with Gasteiger partial charge in [-0.1, -0.05) is 55.4 Å². The monoisotopic (exact) mass is 678 g/mol. The molecule has 2 aliphatic heterocycles. The molecule has 2 heterocycles. The lowest BCUT2D eigenvalue weighted by molar-refractivity contribution is -0.384. The molecule has 2 aliphatic rings. The molecule has 9 atom stereocenters. The highest BCUT2D eigenvalue weighted by atomic mass is 16.8. The maximum atomic E-state index is 13.0. The van der Waals surface area contributed by atoms with E-state index in [1.807, 2.05) is 13.8 Å². The molecule has 2 saturated heterocycles. The minimum absolute atomic E-state index is 0.0187. The van der Waals surface area contributed by atoms with Crippen LogP contribution >= 0.6 is 0 Å². The third-order valence-electron chi connectivity index (χ3n) is 7.31. The normalized spacial score (nSPS) is 31.0. The fraction of sp³-hybridized carbons (Fsp3) is 0.875. The van der Waals surface area contributed by atoms with E-state index in [2.05, 4.69) is 0 Å². The number of aliphatic hydroxyl groups excluding tert-OH is 4. The van der Waals surface area contributed by atoms with Gasteiger partial charge in [0.1, 0.15) is 37.6 Å². The number of ether oxygens (including phenoxy) is 7. The first kappa shape index (κ1) is 40.8. The van der Waals surface area contributed by atoms with Gasteiger partial charge in [0.05, 0.1) is 6.61 Å². The van der Waals surface area contributed by atoms with Gasteiger partial charge in [0.25, 0.3) is 0 Å². The Labute approximate surface area is 276 Å². The summed E-state index contributed by atoms with van der Waals surface area (Å²) in [6.45, 7) is 11.9. The van der Waals surface area contributed by atoms with Gasteiger partial charge in [-0.25, -0.2) is 0 Å². The van der Waals surface area contributed by atoms with Crippen LogP contribution in [0.25, 0.3) is 0 Å². The molecule has 4 N–H and O–H groups in total. The molecule has 0 aliphatic carbocycles. The van der Waals surface area contributed by atoms with Crippen LogP contribution < -0.4 is 0 Å². The molecular formula is C32H54O15. The molecule has 0 aromatic heterocycles. The Morgan fingerprint density at radius 3 is 1.60 bits per heavy atom. The number of esters is 4. The second-order valence-corrected chi connectivity index (χ2v) is 13.8. The Morgan fingerprint density at radius 1 is 0.660 bits per heavy atom. The summed E-state index contributed by atoms with van der Waals surface area (Å²) in [5.74, 6) is -5.61. The van der Waals surface area contributed by atoms with Gasteiger partial charge in [-0.15, -0.1) is 0 Å². The van der Waals surface area contributed by atoms with Gasteiger partial charge in [-0.05, 0) is 23.7 Å². The smallest absolute Gasteiger partial charge is 0.306 e. The van der Waals surface area contributed by atoms with Crippen LogP contribution in [0, 0.1) is 23.7 Å². The van der Waals surface area contributed by atoms with Crippen molar-refractivity contribution in [2.45, 2.75) is 136 Å². The summed E-state index contributed by atoms with van der Waals surface area (Å²) in [5.41, 5.74) is 0. The number of carbonyl (C=O) groups is 4. The van der Waals surface area contributed by atoms with E-state index in [0.717, 1.165) is 0 Å². The first-order valence-electron chi connectivity index (χ1n) is 16.3. The lowest BCUT2D eigenvalue weighted by Gasteiger charge is -2.45. The second-order valence-electron chi connectivity index (χ2n) is 13.8. The Kier molecular flexibility index (Phi) is 16.0. The summed E-state index contributed by atoms with van der Waals surface area (Å²) in [6, 6.07) is 0. The first-order valence-corrected chi connectivity index (χ1v) is 16.3. The molecule has 0 amide bonds. The highest BCUT2D eigenvalue weighted by Crippen LogP contribution is 2.40. The van der Waals surface area contributed by atoms with Crippen LogP contribution in [0.5, 0.6) is 0 Å². The quantitative estimate of drug-likeness (QED) is 0.125. The molecular weight excluding hydrogens is 624 g/mol.